The van der Waals surface area contributed by atoms with Gasteiger partial charge in [-0.25, -0.2) is 8.42 Å². The Labute approximate surface area is 120 Å². The van der Waals surface area contributed by atoms with Gasteiger partial charge in [-0.2, -0.15) is 4.31 Å². The molecule has 0 spiro atoms. The minimum atomic E-state index is -3.59. The Balaban J connectivity index is 2.09. The molecule has 0 aliphatic carbocycles. The number of hydrogen-bond donors (Lipinski definition) is 1. The number of aliphatic hydroxyl groups excluding tert-OH is 1. The first-order valence-corrected chi connectivity index (χ1v) is 8.14. The summed E-state index contributed by atoms with van der Waals surface area (Å²) < 4.78 is 31.4. The van der Waals surface area contributed by atoms with Crippen molar-refractivity contribution in [1.82, 2.24) is 9.21 Å². The summed E-state index contributed by atoms with van der Waals surface area (Å²) in [5.74, 6) is 0.261. The van der Waals surface area contributed by atoms with Crippen molar-refractivity contribution >= 4 is 10.0 Å². The summed E-state index contributed by atoms with van der Waals surface area (Å²) in [5, 5.41) is 8.85. The third-order valence-electron chi connectivity index (χ3n) is 3.57. The van der Waals surface area contributed by atoms with E-state index in [9.17, 15) is 8.42 Å². The highest BCUT2D eigenvalue weighted by molar-refractivity contribution is 7.89. The molecule has 2 heterocycles. The van der Waals surface area contributed by atoms with Crippen molar-refractivity contribution in [3.8, 4) is 0 Å². The van der Waals surface area contributed by atoms with E-state index in [4.69, 9.17) is 9.52 Å². The molecule has 0 saturated carbocycles. The lowest BCUT2D eigenvalue weighted by molar-refractivity contribution is 0.0915. The highest BCUT2D eigenvalue weighted by Crippen LogP contribution is 2.22. The predicted octanol–water partition coefficient (Wildman–Crippen LogP) is 0.877. The normalized spacial score (nSPS) is 19.4. The first-order valence-electron chi connectivity index (χ1n) is 6.70. The Morgan fingerprint density at radius 1 is 1.20 bits per heavy atom. The second-order valence-electron chi connectivity index (χ2n) is 5.94. The summed E-state index contributed by atoms with van der Waals surface area (Å²) in [6, 6.07) is 2.88. The molecular weight excluding hydrogens is 280 g/mol. The fourth-order valence-electron chi connectivity index (χ4n) is 2.31. The zero-order valence-corrected chi connectivity index (χ0v) is 13.0. The van der Waals surface area contributed by atoms with Crippen LogP contribution in [0.4, 0.5) is 0 Å². The van der Waals surface area contributed by atoms with E-state index in [0.29, 0.717) is 26.2 Å². The second-order valence-corrected chi connectivity index (χ2v) is 7.81. The molecular formula is C13H22N2O4S. The zero-order valence-electron chi connectivity index (χ0n) is 12.2. The monoisotopic (exact) mass is 302 g/mol. The summed E-state index contributed by atoms with van der Waals surface area (Å²) >= 11 is 0. The molecule has 0 amide bonds. The van der Waals surface area contributed by atoms with E-state index in [0.717, 1.165) is 0 Å². The zero-order chi connectivity index (χ0) is 15.0. The van der Waals surface area contributed by atoms with Crippen LogP contribution in [-0.4, -0.2) is 54.4 Å². The summed E-state index contributed by atoms with van der Waals surface area (Å²) in [6.45, 7) is 8.38. The van der Waals surface area contributed by atoms with Gasteiger partial charge < -0.3 is 9.52 Å². The van der Waals surface area contributed by atoms with Gasteiger partial charge in [0.05, 0.1) is 0 Å². The number of piperazine rings is 1. The van der Waals surface area contributed by atoms with Crippen molar-refractivity contribution < 1.29 is 17.9 Å². The van der Waals surface area contributed by atoms with Gasteiger partial charge in [0.2, 0.25) is 5.09 Å². The maximum Gasteiger partial charge on any atom is 0.276 e. The van der Waals surface area contributed by atoms with E-state index in [1.54, 1.807) is 0 Å². The Bertz CT molecular complexity index is 551. The molecule has 7 heteroatoms. The van der Waals surface area contributed by atoms with Gasteiger partial charge in [-0.1, -0.05) is 0 Å². The first-order chi connectivity index (χ1) is 9.25. The van der Waals surface area contributed by atoms with Crippen LogP contribution in [0.25, 0.3) is 0 Å². The summed E-state index contributed by atoms with van der Waals surface area (Å²) in [4.78, 5) is 2.26. The predicted molar refractivity (Wildman–Crippen MR) is 74.7 cm³/mol. The minimum Gasteiger partial charge on any atom is -0.446 e. The lowest BCUT2D eigenvalue weighted by Gasteiger charge is -2.41. The Morgan fingerprint density at radius 3 is 2.25 bits per heavy atom. The molecule has 1 N–H and O–H groups in total. The lowest BCUT2D eigenvalue weighted by Crippen LogP contribution is -2.54. The maximum atomic E-state index is 12.4. The molecule has 0 radical (unpaired) electrons. The van der Waals surface area contributed by atoms with E-state index in [1.807, 2.05) is 0 Å². The lowest BCUT2D eigenvalue weighted by atomic mass is 10.1. The second kappa shape index (κ2) is 5.48. The smallest absolute Gasteiger partial charge is 0.276 e. The molecule has 1 aromatic heterocycles. The van der Waals surface area contributed by atoms with Gasteiger partial charge >= 0.3 is 0 Å². The van der Waals surface area contributed by atoms with Crippen LogP contribution in [-0.2, 0) is 16.6 Å². The average molecular weight is 302 g/mol. The van der Waals surface area contributed by atoms with Gasteiger partial charge in [0, 0.05) is 31.7 Å². The van der Waals surface area contributed by atoms with E-state index in [-0.39, 0.29) is 23.0 Å². The largest absolute Gasteiger partial charge is 0.446 e. The number of hydrogen-bond acceptors (Lipinski definition) is 5. The van der Waals surface area contributed by atoms with Crippen LogP contribution < -0.4 is 0 Å². The summed E-state index contributed by atoms with van der Waals surface area (Å²) in [6.07, 6.45) is 0. The van der Waals surface area contributed by atoms with Crippen molar-refractivity contribution in [2.24, 2.45) is 0 Å². The third kappa shape index (κ3) is 3.06. The molecule has 0 atom stereocenters. The molecule has 0 bridgehead atoms. The van der Waals surface area contributed by atoms with Crippen LogP contribution in [0.15, 0.2) is 21.6 Å². The van der Waals surface area contributed by atoms with Gasteiger partial charge in [0.15, 0.2) is 0 Å². The van der Waals surface area contributed by atoms with Crippen LogP contribution in [0.1, 0.15) is 26.5 Å². The summed E-state index contributed by atoms with van der Waals surface area (Å²) in [7, 11) is -3.59. The SMILES string of the molecule is CC(C)(C)N1CCN(S(=O)(=O)c2ccc(CO)o2)CC1. The van der Waals surface area contributed by atoms with Gasteiger partial charge in [0.25, 0.3) is 10.0 Å². The third-order valence-corrected chi connectivity index (χ3v) is 5.35. The van der Waals surface area contributed by atoms with Gasteiger partial charge in [0.1, 0.15) is 12.4 Å². The Morgan fingerprint density at radius 2 is 1.80 bits per heavy atom. The molecule has 114 valence electrons. The number of rotatable bonds is 3. The molecule has 1 aliphatic rings. The minimum absolute atomic E-state index is 0.0462. The summed E-state index contributed by atoms with van der Waals surface area (Å²) in [5.41, 5.74) is 0.0462. The Kier molecular flexibility index (Phi) is 4.24. The molecule has 1 saturated heterocycles. The molecule has 2 rings (SSSR count). The van der Waals surface area contributed by atoms with Crippen molar-refractivity contribution in [1.29, 1.82) is 0 Å². The quantitative estimate of drug-likeness (QED) is 0.897. The molecule has 1 aromatic rings. The molecule has 20 heavy (non-hydrogen) atoms. The number of aliphatic hydroxyl groups is 1. The topological polar surface area (TPSA) is 74.0 Å². The van der Waals surface area contributed by atoms with Crippen LogP contribution >= 0.6 is 0 Å². The van der Waals surface area contributed by atoms with Gasteiger partial charge in [-0.05, 0) is 32.9 Å². The van der Waals surface area contributed by atoms with E-state index in [1.165, 1.54) is 16.4 Å². The molecule has 6 nitrogen and oxygen atoms in total. The fourth-order valence-corrected chi connectivity index (χ4v) is 3.66. The standard InChI is InChI=1S/C13H22N2O4S/c1-13(2,3)14-6-8-15(9-7-14)20(17,18)12-5-4-11(10-16)19-12/h4-5,16H,6-10H2,1-3H3. The van der Waals surface area contributed by atoms with E-state index in [2.05, 4.69) is 25.7 Å². The highest BCUT2D eigenvalue weighted by atomic mass is 32.2. The van der Waals surface area contributed by atoms with Gasteiger partial charge in [-0.3, -0.25) is 4.90 Å². The molecule has 1 aliphatic heterocycles. The molecule has 0 aromatic carbocycles. The van der Waals surface area contributed by atoms with Crippen LogP contribution in [0.5, 0.6) is 0 Å². The van der Waals surface area contributed by atoms with Crippen molar-refractivity contribution in [3.63, 3.8) is 0 Å². The van der Waals surface area contributed by atoms with Crippen molar-refractivity contribution in [2.45, 2.75) is 38.0 Å². The van der Waals surface area contributed by atoms with Crippen molar-refractivity contribution in [3.05, 3.63) is 17.9 Å². The van der Waals surface area contributed by atoms with Crippen LogP contribution in [0.2, 0.25) is 0 Å². The van der Waals surface area contributed by atoms with Gasteiger partial charge in [-0.15, -0.1) is 0 Å². The molecule has 0 unspecified atom stereocenters. The average Bonchev–Trinajstić information content (AvgIpc) is 2.87. The molecule has 1 fully saturated rings. The van der Waals surface area contributed by atoms with Crippen LogP contribution in [0.3, 0.4) is 0 Å². The fraction of sp³-hybridized carbons (Fsp3) is 0.692. The Hall–Kier alpha value is -0.890. The first kappa shape index (κ1) is 15.5. The van der Waals surface area contributed by atoms with E-state index >= 15 is 0 Å². The number of sulfonamides is 1. The van der Waals surface area contributed by atoms with E-state index < -0.39 is 10.0 Å². The number of furan rings is 1. The number of nitrogens with zero attached hydrogens (tertiary/aromatic N) is 2. The van der Waals surface area contributed by atoms with Crippen LogP contribution in [0, 0.1) is 0 Å². The van der Waals surface area contributed by atoms with Crippen molar-refractivity contribution in [2.75, 3.05) is 26.2 Å². The highest BCUT2D eigenvalue weighted by Gasteiger charge is 2.33. The maximum absolute atomic E-state index is 12.4.